The molecule has 0 saturated carbocycles. The topological polar surface area (TPSA) is 46.2 Å². The molecule has 0 aliphatic carbocycles. The van der Waals surface area contributed by atoms with E-state index in [2.05, 4.69) is 0 Å². The lowest BCUT2D eigenvalue weighted by molar-refractivity contribution is 0.0915. The zero-order valence-corrected chi connectivity index (χ0v) is 10.6. The Kier molecular flexibility index (Phi) is 3.53. The minimum absolute atomic E-state index is 0.0955. The lowest BCUT2D eigenvalue weighted by Crippen LogP contribution is -2.32. The number of sulfonamides is 1. The third-order valence-electron chi connectivity index (χ3n) is 2.47. The molecule has 0 spiro atoms. The van der Waals surface area contributed by atoms with Gasteiger partial charge in [-0.15, -0.1) is 0 Å². The second-order valence-electron chi connectivity index (χ2n) is 3.85. The molecule has 0 bridgehead atoms. The Bertz CT molecular complexity index is 643. The monoisotopic (exact) mass is 283 g/mol. The van der Waals surface area contributed by atoms with E-state index < -0.39 is 20.8 Å². The number of benzene rings is 2. The number of nitrogens with one attached hydrogen (secondary N) is 1. The highest BCUT2D eigenvalue weighted by molar-refractivity contribution is 7.93. The van der Waals surface area contributed by atoms with Crippen molar-refractivity contribution in [1.29, 1.82) is 0 Å². The van der Waals surface area contributed by atoms with E-state index in [0.29, 0.717) is 0 Å². The van der Waals surface area contributed by atoms with Crippen LogP contribution in [0.2, 0.25) is 0 Å². The van der Waals surface area contributed by atoms with Gasteiger partial charge in [-0.25, -0.2) is 0 Å². The summed E-state index contributed by atoms with van der Waals surface area (Å²) < 4.78 is 53.3. The molecule has 2 aromatic carbocycles. The van der Waals surface area contributed by atoms with Gasteiger partial charge in [-0.05, 0) is 12.1 Å². The van der Waals surface area contributed by atoms with Crippen LogP contribution in [0.1, 0.15) is 5.56 Å². The highest BCUT2D eigenvalue weighted by atomic mass is 32.2. The zero-order chi connectivity index (χ0) is 13.9. The van der Waals surface area contributed by atoms with Gasteiger partial charge in [0.2, 0.25) is 0 Å². The molecule has 19 heavy (non-hydrogen) atoms. The molecular formula is C13H11F2NO2S. The van der Waals surface area contributed by atoms with E-state index >= 15 is 0 Å². The average Bonchev–Trinajstić information content (AvgIpc) is 2.40. The molecule has 0 saturated heterocycles. The standard InChI is InChI=1S/C13H11F2NO2S/c14-13(15,11-7-3-1-4-8-11)19(17,18)16-12-9-5-2-6-10-12/h1-10,16H. The molecule has 3 nitrogen and oxygen atoms in total. The first kappa shape index (κ1) is 13.5. The summed E-state index contributed by atoms with van der Waals surface area (Å²) >= 11 is 0. The summed E-state index contributed by atoms with van der Waals surface area (Å²) in [6, 6.07) is 14.0. The molecule has 0 atom stereocenters. The Morgan fingerprint density at radius 3 is 1.84 bits per heavy atom. The fourth-order valence-electron chi connectivity index (χ4n) is 1.51. The van der Waals surface area contributed by atoms with Gasteiger partial charge in [-0.3, -0.25) is 4.72 Å². The largest absolute Gasteiger partial charge is 0.389 e. The van der Waals surface area contributed by atoms with E-state index in [1.54, 1.807) is 18.2 Å². The number of para-hydroxylation sites is 1. The van der Waals surface area contributed by atoms with Crippen molar-refractivity contribution in [1.82, 2.24) is 0 Å². The second kappa shape index (κ2) is 4.97. The first-order valence-electron chi connectivity index (χ1n) is 5.44. The lowest BCUT2D eigenvalue weighted by atomic mass is 10.2. The van der Waals surface area contributed by atoms with Gasteiger partial charge < -0.3 is 0 Å². The van der Waals surface area contributed by atoms with Crippen LogP contribution in [0, 0.1) is 0 Å². The summed E-state index contributed by atoms with van der Waals surface area (Å²) in [6.07, 6.45) is 0. The molecule has 0 unspecified atom stereocenters. The van der Waals surface area contributed by atoms with Crippen molar-refractivity contribution in [2.75, 3.05) is 4.72 Å². The molecule has 0 radical (unpaired) electrons. The van der Waals surface area contributed by atoms with Crippen molar-refractivity contribution in [3.05, 3.63) is 66.2 Å². The first-order chi connectivity index (χ1) is 8.93. The molecule has 0 aromatic heterocycles. The van der Waals surface area contributed by atoms with E-state index in [0.717, 1.165) is 12.1 Å². The molecule has 6 heteroatoms. The zero-order valence-electron chi connectivity index (χ0n) is 9.75. The fraction of sp³-hybridized carbons (Fsp3) is 0.0769. The Balaban J connectivity index is 2.34. The highest BCUT2D eigenvalue weighted by Gasteiger charge is 2.46. The molecule has 0 heterocycles. The van der Waals surface area contributed by atoms with Crippen LogP contribution in [-0.2, 0) is 15.3 Å². The van der Waals surface area contributed by atoms with E-state index in [4.69, 9.17) is 0 Å². The summed E-state index contributed by atoms with van der Waals surface area (Å²) in [6.45, 7) is 0. The van der Waals surface area contributed by atoms with Crippen LogP contribution in [0.4, 0.5) is 14.5 Å². The number of anilines is 1. The van der Waals surface area contributed by atoms with Crippen molar-refractivity contribution >= 4 is 15.7 Å². The predicted molar refractivity (Wildman–Crippen MR) is 69.3 cm³/mol. The van der Waals surface area contributed by atoms with Gasteiger partial charge in [-0.1, -0.05) is 48.5 Å². The third-order valence-corrected chi connectivity index (χ3v) is 3.89. The molecular weight excluding hydrogens is 272 g/mol. The SMILES string of the molecule is O=S(=O)(Nc1ccccc1)C(F)(F)c1ccccc1. The summed E-state index contributed by atoms with van der Waals surface area (Å²) in [5.74, 6) is 0. The molecule has 1 N–H and O–H groups in total. The van der Waals surface area contributed by atoms with E-state index in [1.807, 2.05) is 4.72 Å². The van der Waals surface area contributed by atoms with Crippen molar-refractivity contribution in [3.63, 3.8) is 0 Å². The smallest absolute Gasteiger partial charge is 0.278 e. The van der Waals surface area contributed by atoms with Crippen LogP contribution in [0.5, 0.6) is 0 Å². The number of alkyl halides is 2. The number of hydrogen-bond donors (Lipinski definition) is 1. The maximum Gasteiger partial charge on any atom is 0.389 e. The van der Waals surface area contributed by atoms with Crippen LogP contribution >= 0.6 is 0 Å². The van der Waals surface area contributed by atoms with Gasteiger partial charge >= 0.3 is 15.3 Å². The van der Waals surface area contributed by atoms with Crippen LogP contribution in [0.25, 0.3) is 0 Å². The Morgan fingerprint density at radius 2 is 1.32 bits per heavy atom. The second-order valence-corrected chi connectivity index (χ2v) is 5.58. The average molecular weight is 283 g/mol. The van der Waals surface area contributed by atoms with Crippen LogP contribution in [-0.4, -0.2) is 8.42 Å². The first-order valence-corrected chi connectivity index (χ1v) is 6.92. The molecule has 100 valence electrons. The molecule has 0 aliphatic rings. The Labute approximate surface area is 109 Å². The summed E-state index contributed by atoms with van der Waals surface area (Å²) in [4.78, 5) is 0. The number of halogens is 2. The quantitative estimate of drug-likeness (QED) is 0.936. The van der Waals surface area contributed by atoms with Crippen molar-refractivity contribution in [2.45, 2.75) is 5.25 Å². The van der Waals surface area contributed by atoms with E-state index in [9.17, 15) is 17.2 Å². The van der Waals surface area contributed by atoms with Crippen molar-refractivity contribution < 1.29 is 17.2 Å². The van der Waals surface area contributed by atoms with E-state index in [-0.39, 0.29) is 5.69 Å². The molecule has 0 aliphatic heterocycles. The summed E-state index contributed by atoms with van der Waals surface area (Å²) in [7, 11) is -4.85. The Hall–Kier alpha value is -1.95. The van der Waals surface area contributed by atoms with E-state index in [1.165, 1.54) is 30.3 Å². The minimum atomic E-state index is -4.85. The minimum Gasteiger partial charge on any atom is -0.278 e. The fourth-order valence-corrected chi connectivity index (χ4v) is 2.53. The van der Waals surface area contributed by atoms with Gasteiger partial charge in [0, 0.05) is 11.3 Å². The molecule has 2 rings (SSSR count). The lowest BCUT2D eigenvalue weighted by Gasteiger charge is -2.18. The van der Waals surface area contributed by atoms with Gasteiger partial charge in [0.15, 0.2) is 0 Å². The van der Waals surface area contributed by atoms with Crippen molar-refractivity contribution in [2.24, 2.45) is 0 Å². The predicted octanol–water partition coefficient (Wildman–Crippen LogP) is 3.18. The molecule has 0 fully saturated rings. The third kappa shape index (κ3) is 2.73. The summed E-state index contributed by atoms with van der Waals surface area (Å²) in [5, 5.41) is -4.00. The Morgan fingerprint density at radius 1 is 0.842 bits per heavy atom. The van der Waals surface area contributed by atoms with Crippen molar-refractivity contribution in [3.8, 4) is 0 Å². The van der Waals surface area contributed by atoms with Crippen LogP contribution in [0.15, 0.2) is 60.7 Å². The normalized spacial score (nSPS) is 12.1. The van der Waals surface area contributed by atoms with Crippen LogP contribution in [0.3, 0.4) is 0 Å². The maximum atomic E-state index is 14.0. The summed E-state index contributed by atoms with van der Waals surface area (Å²) in [5.41, 5.74) is -0.475. The molecule has 2 aromatic rings. The van der Waals surface area contributed by atoms with Gasteiger partial charge in [0.05, 0.1) is 0 Å². The molecule has 0 amide bonds. The van der Waals surface area contributed by atoms with Crippen LogP contribution < -0.4 is 4.72 Å². The maximum absolute atomic E-state index is 14.0. The number of hydrogen-bond acceptors (Lipinski definition) is 2. The van der Waals surface area contributed by atoms with Gasteiger partial charge in [0.25, 0.3) is 0 Å². The van der Waals surface area contributed by atoms with Gasteiger partial charge in [0.1, 0.15) is 0 Å². The highest BCUT2D eigenvalue weighted by Crippen LogP contribution is 2.34. The van der Waals surface area contributed by atoms with Gasteiger partial charge in [-0.2, -0.15) is 17.2 Å². The number of rotatable bonds is 4.